The molecule has 0 bridgehead atoms. The van der Waals surface area contributed by atoms with Crippen LogP contribution in [0.4, 0.5) is 0 Å². The molecular formula is C19H25NO3. The van der Waals surface area contributed by atoms with Gasteiger partial charge in [0.25, 0.3) is 0 Å². The van der Waals surface area contributed by atoms with Gasteiger partial charge in [-0.05, 0) is 41.5 Å². The number of nitrogens with zero attached hydrogens (tertiary/aromatic N) is 1. The second-order valence-corrected chi connectivity index (χ2v) is 5.83. The highest BCUT2D eigenvalue weighted by molar-refractivity contribution is 5.84. The predicted octanol–water partition coefficient (Wildman–Crippen LogP) is 3.26. The Morgan fingerprint density at radius 3 is 2.83 bits per heavy atom. The van der Waals surface area contributed by atoms with Crippen molar-refractivity contribution in [3.63, 3.8) is 0 Å². The summed E-state index contributed by atoms with van der Waals surface area (Å²) in [6, 6.07) is 12.7. The molecule has 1 atom stereocenters. The van der Waals surface area contributed by atoms with Crippen LogP contribution in [-0.2, 0) is 9.47 Å². The molecule has 1 aliphatic rings. The molecule has 1 saturated heterocycles. The first-order valence-corrected chi connectivity index (χ1v) is 8.29. The van der Waals surface area contributed by atoms with Gasteiger partial charge in [0, 0.05) is 26.2 Å². The lowest BCUT2D eigenvalue weighted by Gasteiger charge is -2.33. The number of ether oxygens (including phenoxy) is 3. The lowest BCUT2D eigenvalue weighted by Crippen LogP contribution is -2.40. The number of rotatable bonds is 6. The van der Waals surface area contributed by atoms with Gasteiger partial charge in [-0.3, -0.25) is 4.90 Å². The van der Waals surface area contributed by atoms with Crippen LogP contribution < -0.4 is 4.74 Å². The SMILES string of the molecule is CCOCCN1CCO[C@@H](c2ccc3cc(OC)ccc3c2)C1. The minimum absolute atomic E-state index is 0.136. The average molecular weight is 315 g/mol. The molecule has 0 aliphatic carbocycles. The molecule has 4 heteroatoms. The minimum Gasteiger partial charge on any atom is -0.497 e. The molecule has 3 rings (SSSR count). The molecular weight excluding hydrogens is 290 g/mol. The quantitative estimate of drug-likeness (QED) is 0.766. The van der Waals surface area contributed by atoms with E-state index in [-0.39, 0.29) is 6.10 Å². The molecule has 0 unspecified atom stereocenters. The second kappa shape index (κ2) is 7.77. The Morgan fingerprint density at radius 2 is 2.00 bits per heavy atom. The van der Waals surface area contributed by atoms with Crippen molar-refractivity contribution in [2.75, 3.05) is 46.6 Å². The lowest BCUT2D eigenvalue weighted by atomic mass is 10.0. The van der Waals surface area contributed by atoms with E-state index in [0.29, 0.717) is 0 Å². The summed E-state index contributed by atoms with van der Waals surface area (Å²) in [6.07, 6.45) is 0.136. The summed E-state index contributed by atoms with van der Waals surface area (Å²) < 4.78 is 16.7. The zero-order valence-corrected chi connectivity index (χ0v) is 14.0. The zero-order valence-electron chi connectivity index (χ0n) is 14.0. The van der Waals surface area contributed by atoms with Crippen LogP contribution >= 0.6 is 0 Å². The number of hydrogen-bond acceptors (Lipinski definition) is 4. The first-order valence-electron chi connectivity index (χ1n) is 8.29. The van der Waals surface area contributed by atoms with E-state index in [0.717, 1.165) is 45.2 Å². The zero-order chi connectivity index (χ0) is 16.1. The number of methoxy groups -OCH3 is 1. The summed E-state index contributed by atoms with van der Waals surface area (Å²) in [5.41, 5.74) is 1.24. The van der Waals surface area contributed by atoms with Crippen molar-refractivity contribution in [1.82, 2.24) is 4.90 Å². The topological polar surface area (TPSA) is 30.9 Å². The van der Waals surface area contributed by atoms with Crippen molar-refractivity contribution in [1.29, 1.82) is 0 Å². The van der Waals surface area contributed by atoms with Crippen LogP contribution in [0.15, 0.2) is 36.4 Å². The lowest BCUT2D eigenvalue weighted by molar-refractivity contribution is -0.0372. The Hall–Kier alpha value is -1.62. The summed E-state index contributed by atoms with van der Waals surface area (Å²) >= 11 is 0. The molecule has 4 nitrogen and oxygen atoms in total. The Labute approximate surface area is 137 Å². The molecule has 0 saturated carbocycles. The van der Waals surface area contributed by atoms with Crippen molar-refractivity contribution < 1.29 is 14.2 Å². The number of benzene rings is 2. The highest BCUT2D eigenvalue weighted by Crippen LogP contribution is 2.27. The molecule has 0 amide bonds. The molecule has 1 aliphatic heterocycles. The highest BCUT2D eigenvalue weighted by atomic mass is 16.5. The van der Waals surface area contributed by atoms with E-state index in [1.54, 1.807) is 7.11 Å². The van der Waals surface area contributed by atoms with Crippen LogP contribution in [-0.4, -0.2) is 51.5 Å². The molecule has 0 N–H and O–H groups in total. The van der Waals surface area contributed by atoms with E-state index in [4.69, 9.17) is 14.2 Å². The molecule has 1 heterocycles. The molecule has 124 valence electrons. The standard InChI is InChI=1S/C19H25NO3/c1-3-22-10-8-20-9-11-23-19(14-20)17-5-4-16-13-18(21-2)7-6-15(16)12-17/h4-7,12-13,19H,3,8-11,14H2,1-2H3/t19-/m1/s1. The Kier molecular flexibility index (Phi) is 5.49. The maximum absolute atomic E-state index is 5.99. The van der Waals surface area contributed by atoms with Gasteiger partial charge in [0.1, 0.15) is 5.75 Å². The van der Waals surface area contributed by atoms with Crippen LogP contribution in [0, 0.1) is 0 Å². The maximum atomic E-state index is 5.99. The Balaban J connectivity index is 1.71. The summed E-state index contributed by atoms with van der Waals surface area (Å²) in [6.45, 7) is 7.26. The number of hydrogen-bond donors (Lipinski definition) is 0. The minimum atomic E-state index is 0.136. The molecule has 2 aromatic carbocycles. The monoisotopic (exact) mass is 315 g/mol. The van der Waals surface area contributed by atoms with Gasteiger partial charge in [0.2, 0.25) is 0 Å². The van der Waals surface area contributed by atoms with Crippen molar-refractivity contribution >= 4 is 10.8 Å². The van der Waals surface area contributed by atoms with E-state index in [9.17, 15) is 0 Å². The van der Waals surface area contributed by atoms with E-state index in [1.165, 1.54) is 16.3 Å². The van der Waals surface area contributed by atoms with Gasteiger partial charge in [-0.15, -0.1) is 0 Å². The van der Waals surface area contributed by atoms with Gasteiger partial charge >= 0.3 is 0 Å². The fourth-order valence-electron chi connectivity index (χ4n) is 3.01. The summed E-state index contributed by atoms with van der Waals surface area (Å²) in [4.78, 5) is 2.42. The van der Waals surface area contributed by atoms with E-state index in [2.05, 4.69) is 35.2 Å². The van der Waals surface area contributed by atoms with Crippen molar-refractivity contribution in [3.8, 4) is 5.75 Å². The molecule has 1 fully saturated rings. The average Bonchev–Trinajstić information content (AvgIpc) is 2.61. The van der Waals surface area contributed by atoms with Gasteiger partial charge in [0.05, 0.1) is 26.4 Å². The normalized spacial score (nSPS) is 19.1. The van der Waals surface area contributed by atoms with E-state index in [1.807, 2.05) is 13.0 Å². The van der Waals surface area contributed by atoms with Crippen molar-refractivity contribution in [2.45, 2.75) is 13.0 Å². The summed E-state index contributed by atoms with van der Waals surface area (Å²) in [5, 5.41) is 2.41. The fraction of sp³-hybridized carbons (Fsp3) is 0.474. The van der Waals surface area contributed by atoms with E-state index >= 15 is 0 Å². The van der Waals surface area contributed by atoms with Crippen molar-refractivity contribution in [2.24, 2.45) is 0 Å². The second-order valence-electron chi connectivity index (χ2n) is 5.83. The van der Waals surface area contributed by atoms with Gasteiger partial charge in [-0.25, -0.2) is 0 Å². The Morgan fingerprint density at radius 1 is 1.17 bits per heavy atom. The molecule has 0 spiro atoms. The van der Waals surface area contributed by atoms with Crippen LogP contribution in [0.2, 0.25) is 0 Å². The largest absolute Gasteiger partial charge is 0.497 e. The first-order chi connectivity index (χ1) is 11.3. The molecule has 2 aromatic rings. The fourth-order valence-corrected chi connectivity index (χ4v) is 3.01. The maximum Gasteiger partial charge on any atom is 0.119 e. The third-order valence-electron chi connectivity index (χ3n) is 4.35. The number of morpholine rings is 1. The third-order valence-corrected chi connectivity index (χ3v) is 4.35. The summed E-state index contributed by atoms with van der Waals surface area (Å²) in [7, 11) is 1.70. The van der Waals surface area contributed by atoms with Gasteiger partial charge in [0.15, 0.2) is 0 Å². The van der Waals surface area contributed by atoms with Crippen LogP contribution in [0.1, 0.15) is 18.6 Å². The smallest absolute Gasteiger partial charge is 0.119 e. The third kappa shape index (κ3) is 4.02. The van der Waals surface area contributed by atoms with Crippen LogP contribution in [0.25, 0.3) is 10.8 Å². The summed E-state index contributed by atoms with van der Waals surface area (Å²) in [5.74, 6) is 0.890. The molecule has 0 radical (unpaired) electrons. The van der Waals surface area contributed by atoms with Crippen molar-refractivity contribution in [3.05, 3.63) is 42.0 Å². The molecule has 23 heavy (non-hydrogen) atoms. The van der Waals surface area contributed by atoms with Gasteiger partial charge < -0.3 is 14.2 Å². The van der Waals surface area contributed by atoms with E-state index < -0.39 is 0 Å². The molecule has 0 aromatic heterocycles. The number of fused-ring (bicyclic) bond motifs is 1. The van der Waals surface area contributed by atoms with Gasteiger partial charge in [-0.1, -0.05) is 18.2 Å². The first kappa shape index (κ1) is 16.2. The Bertz CT molecular complexity index is 644. The van der Waals surface area contributed by atoms with Gasteiger partial charge in [-0.2, -0.15) is 0 Å². The highest BCUT2D eigenvalue weighted by Gasteiger charge is 2.21. The predicted molar refractivity (Wildman–Crippen MR) is 92.1 cm³/mol. The van der Waals surface area contributed by atoms with Crippen LogP contribution in [0.3, 0.4) is 0 Å². The van der Waals surface area contributed by atoms with Crippen LogP contribution in [0.5, 0.6) is 5.75 Å².